The summed E-state index contributed by atoms with van der Waals surface area (Å²) in [6, 6.07) is 24.5. The van der Waals surface area contributed by atoms with Crippen LogP contribution >= 0.6 is 0 Å². The fraction of sp³-hybridized carbons (Fsp3) is 0.296. The van der Waals surface area contributed by atoms with Gasteiger partial charge in [0, 0.05) is 26.2 Å². The Balaban J connectivity index is 1.45. The maximum Gasteiger partial charge on any atom is 0.261 e. The van der Waals surface area contributed by atoms with Crippen LogP contribution in [0.2, 0.25) is 0 Å². The molecule has 3 aromatic carbocycles. The minimum atomic E-state index is -3.49. The number of nitrogens with zero attached hydrogens (tertiary/aromatic N) is 2. The molecule has 0 saturated carbocycles. The zero-order chi connectivity index (χ0) is 24.0. The number of ether oxygens (including phenoxy) is 1. The molecule has 0 atom stereocenters. The van der Waals surface area contributed by atoms with Crippen LogP contribution in [0, 0.1) is 6.92 Å². The van der Waals surface area contributed by atoms with Crippen LogP contribution in [0.5, 0.6) is 5.75 Å². The Labute approximate surface area is 201 Å². The molecular weight excluding hydrogens is 448 g/mol. The number of sulfonamides is 1. The van der Waals surface area contributed by atoms with E-state index >= 15 is 0 Å². The molecule has 4 rings (SSSR count). The second-order valence-electron chi connectivity index (χ2n) is 8.55. The highest BCUT2D eigenvalue weighted by atomic mass is 32.2. The molecule has 1 heterocycles. The summed E-state index contributed by atoms with van der Waals surface area (Å²) in [6.07, 6.45) is 1.79. The minimum absolute atomic E-state index is 0.126. The van der Waals surface area contributed by atoms with Crippen molar-refractivity contribution in [2.45, 2.75) is 37.8 Å². The minimum Gasteiger partial charge on any atom is -0.483 e. The van der Waals surface area contributed by atoms with Crippen molar-refractivity contribution < 1.29 is 17.9 Å². The largest absolute Gasteiger partial charge is 0.483 e. The van der Waals surface area contributed by atoms with E-state index in [1.165, 1.54) is 4.31 Å². The van der Waals surface area contributed by atoms with Gasteiger partial charge in [0.15, 0.2) is 6.61 Å². The molecule has 1 aliphatic heterocycles. The quantitative estimate of drug-likeness (QED) is 0.458. The van der Waals surface area contributed by atoms with Crippen LogP contribution in [-0.2, 0) is 27.9 Å². The third kappa shape index (κ3) is 5.85. The maximum absolute atomic E-state index is 13.1. The molecule has 1 amide bonds. The highest BCUT2D eigenvalue weighted by Crippen LogP contribution is 2.26. The van der Waals surface area contributed by atoms with E-state index in [1.54, 1.807) is 30.0 Å². The maximum atomic E-state index is 13.1. The first-order valence-corrected chi connectivity index (χ1v) is 13.0. The van der Waals surface area contributed by atoms with Gasteiger partial charge in [-0.1, -0.05) is 60.7 Å². The van der Waals surface area contributed by atoms with Crippen LogP contribution in [0.1, 0.15) is 29.5 Å². The second-order valence-corrected chi connectivity index (χ2v) is 10.5. The van der Waals surface area contributed by atoms with Crippen LogP contribution in [-0.4, -0.2) is 43.2 Å². The molecular formula is C27H30N2O4S. The Hall–Kier alpha value is -3.16. The Morgan fingerprint density at radius 2 is 1.44 bits per heavy atom. The number of benzene rings is 3. The number of hydrogen-bond acceptors (Lipinski definition) is 4. The molecule has 0 spiro atoms. The van der Waals surface area contributed by atoms with Gasteiger partial charge < -0.3 is 9.64 Å². The van der Waals surface area contributed by atoms with Crippen molar-refractivity contribution in [2.24, 2.45) is 0 Å². The van der Waals surface area contributed by atoms with Gasteiger partial charge in [-0.05, 0) is 54.7 Å². The topological polar surface area (TPSA) is 66.9 Å². The van der Waals surface area contributed by atoms with E-state index in [2.05, 4.69) is 0 Å². The molecule has 0 N–H and O–H groups in total. The van der Waals surface area contributed by atoms with E-state index in [-0.39, 0.29) is 17.4 Å². The van der Waals surface area contributed by atoms with Gasteiger partial charge in [0.2, 0.25) is 10.0 Å². The fourth-order valence-electron chi connectivity index (χ4n) is 4.09. The van der Waals surface area contributed by atoms with E-state index in [4.69, 9.17) is 4.74 Å². The fourth-order valence-corrected chi connectivity index (χ4v) is 5.70. The Morgan fingerprint density at radius 3 is 1.97 bits per heavy atom. The first kappa shape index (κ1) is 24.0. The lowest BCUT2D eigenvalue weighted by Crippen LogP contribution is -2.34. The average molecular weight is 479 g/mol. The molecule has 6 nitrogen and oxygen atoms in total. The molecule has 1 fully saturated rings. The normalized spacial score (nSPS) is 14.1. The van der Waals surface area contributed by atoms with Gasteiger partial charge in [0.1, 0.15) is 5.75 Å². The summed E-state index contributed by atoms with van der Waals surface area (Å²) >= 11 is 0. The summed E-state index contributed by atoms with van der Waals surface area (Å²) in [5.74, 6) is 0.369. The number of carbonyl (C=O) groups is 1. The van der Waals surface area contributed by atoms with Crippen molar-refractivity contribution in [1.82, 2.24) is 9.21 Å². The zero-order valence-corrected chi connectivity index (χ0v) is 20.2. The predicted molar refractivity (Wildman–Crippen MR) is 132 cm³/mol. The Bertz CT molecular complexity index is 1170. The van der Waals surface area contributed by atoms with Crippen molar-refractivity contribution in [1.29, 1.82) is 0 Å². The van der Waals surface area contributed by atoms with Crippen LogP contribution in [0.15, 0.2) is 83.8 Å². The molecule has 178 valence electrons. The Kier molecular flexibility index (Phi) is 7.65. The van der Waals surface area contributed by atoms with Gasteiger partial charge in [-0.25, -0.2) is 8.42 Å². The molecule has 34 heavy (non-hydrogen) atoms. The molecule has 0 aliphatic carbocycles. The Morgan fingerprint density at radius 1 is 0.882 bits per heavy atom. The van der Waals surface area contributed by atoms with Crippen molar-refractivity contribution in [2.75, 3.05) is 19.7 Å². The monoisotopic (exact) mass is 478 g/mol. The lowest BCUT2D eigenvalue weighted by molar-refractivity contribution is -0.134. The molecule has 0 bridgehead atoms. The van der Waals surface area contributed by atoms with E-state index < -0.39 is 10.0 Å². The lowest BCUT2D eigenvalue weighted by atomic mass is 10.1. The summed E-state index contributed by atoms with van der Waals surface area (Å²) in [5.41, 5.74) is 2.77. The number of carbonyl (C=O) groups excluding carboxylic acids is 1. The smallest absolute Gasteiger partial charge is 0.261 e. The number of hydrogen-bond donors (Lipinski definition) is 0. The third-order valence-electron chi connectivity index (χ3n) is 5.99. The van der Waals surface area contributed by atoms with Gasteiger partial charge in [-0.2, -0.15) is 4.31 Å². The zero-order valence-electron chi connectivity index (χ0n) is 19.4. The van der Waals surface area contributed by atoms with Gasteiger partial charge in [-0.15, -0.1) is 0 Å². The molecule has 3 aromatic rings. The summed E-state index contributed by atoms with van der Waals surface area (Å²) in [4.78, 5) is 15.2. The van der Waals surface area contributed by atoms with Gasteiger partial charge in [0.05, 0.1) is 4.90 Å². The van der Waals surface area contributed by atoms with Crippen LogP contribution in [0.25, 0.3) is 0 Å². The van der Waals surface area contributed by atoms with Gasteiger partial charge in [0.25, 0.3) is 5.91 Å². The summed E-state index contributed by atoms with van der Waals surface area (Å²) in [7, 11) is -3.49. The predicted octanol–water partition coefficient (Wildman–Crippen LogP) is 4.39. The molecule has 1 saturated heterocycles. The van der Waals surface area contributed by atoms with Crippen molar-refractivity contribution in [3.05, 3.63) is 95.6 Å². The molecule has 0 radical (unpaired) electrons. The average Bonchev–Trinajstić information content (AvgIpc) is 3.40. The van der Waals surface area contributed by atoms with Crippen molar-refractivity contribution in [3.63, 3.8) is 0 Å². The third-order valence-corrected chi connectivity index (χ3v) is 7.88. The molecule has 1 aliphatic rings. The summed E-state index contributed by atoms with van der Waals surface area (Å²) < 4.78 is 33.0. The van der Waals surface area contributed by atoms with E-state index in [1.807, 2.05) is 60.7 Å². The number of amides is 1. The SMILES string of the molecule is Cc1cc(S(=O)(=O)N2CCCC2)ccc1OCC(=O)N(Cc1ccccc1)Cc1ccccc1. The van der Waals surface area contributed by atoms with Gasteiger partial charge >= 0.3 is 0 Å². The summed E-state index contributed by atoms with van der Waals surface area (Å²) in [6.45, 7) is 3.75. The lowest BCUT2D eigenvalue weighted by Gasteiger charge is -2.23. The van der Waals surface area contributed by atoms with Crippen LogP contribution in [0.4, 0.5) is 0 Å². The van der Waals surface area contributed by atoms with Crippen LogP contribution in [0.3, 0.4) is 0 Å². The number of aryl methyl sites for hydroxylation is 1. The van der Waals surface area contributed by atoms with Crippen molar-refractivity contribution >= 4 is 15.9 Å². The number of rotatable bonds is 9. The molecule has 7 heteroatoms. The first-order chi connectivity index (χ1) is 16.4. The van der Waals surface area contributed by atoms with Crippen molar-refractivity contribution in [3.8, 4) is 5.75 Å². The standard InChI is InChI=1S/C27H30N2O4S/c1-22-18-25(34(31,32)29-16-8-9-17-29)14-15-26(22)33-21-27(30)28(19-23-10-4-2-5-11-23)20-24-12-6-3-7-13-24/h2-7,10-15,18H,8-9,16-17,19-21H2,1H3. The first-order valence-electron chi connectivity index (χ1n) is 11.5. The van der Waals surface area contributed by atoms with E-state index in [9.17, 15) is 13.2 Å². The second kappa shape index (κ2) is 10.8. The molecule has 0 unspecified atom stereocenters. The van der Waals surface area contributed by atoms with Crippen LogP contribution < -0.4 is 4.74 Å². The summed E-state index contributed by atoms with van der Waals surface area (Å²) in [5, 5.41) is 0. The van der Waals surface area contributed by atoms with E-state index in [0.29, 0.717) is 37.5 Å². The van der Waals surface area contributed by atoms with Gasteiger partial charge in [-0.3, -0.25) is 4.79 Å². The molecule has 0 aromatic heterocycles. The van der Waals surface area contributed by atoms with E-state index in [0.717, 1.165) is 24.0 Å². The highest BCUT2D eigenvalue weighted by Gasteiger charge is 2.27. The highest BCUT2D eigenvalue weighted by molar-refractivity contribution is 7.89.